The van der Waals surface area contributed by atoms with Crippen LogP contribution in [0.3, 0.4) is 0 Å². The van der Waals surface area contributed by atoms with Gasteiger partial charge in [-0.3, -0.25) is 0 Å². The maximum Gasteiger partial charge on any atom is 0.495 e. The highest BCUT2D eigenvalue weighted by atomic mass is 16.7. The zero-order valence-corrected chi connectivity index (χ0v) is 14.0. The van der Waals surface area contributed by atoms with Crippen molar-refractivity contribution in [1.29, 1.82) is 0 Å². The van der Waals surface area contributed by atoms with Gasteiger partial charge in [-0.25, -0.2) is 9.59 Å². The minimum Gasteiger partial charge on any atom is -0.399 e. The zero-order chi connectivity index (χ0) is 17.3. The van der Waals surface area contributed by atoms with Crippen LogP contribution in [0.1, 0.15) is 48.4 Å². The summed E-state index contributed by atoms with van der Waals surface area (Å²) in [7, 11) is -0.563. The molecule has 1 fully saturated rings. The maximum absolute atomic E-state index is 12.0. The van der Waals surface area contributed by atoms with Crippen LogP contribution in [-0.2, 0) is 14.0 Å². The van der Waals surface area contributed by atoms with Gasteiger partial charge in [-0.05, 0) is 50.7 Å². The van der Waals surface area contributed by atoms with E-state index in [9.17, 15) is 9.59 Å². The van der Waals surface area contributed by atoms with Gasteiger partial charge in [0.2, 0.25) is 0 Å². The number of ether oxygens (including phenoxy) is 1. The molecular formula is C18H17BO5. The quantitative estimate of drug-likeness (QED) is 0.458. The molecule has 0 radical (unpaired) electrons. The smallest absolute Gasteiger partial charge is 0.399 e. The molecule has 0 aromatic heterocycles. The lowest BCUT2D eigenvalue weighted by molar-refractivity contribution is 0.00578. The molecule has 4 rings (SSSR count). The molecule has 2 heterocycles. The fraction of sp³-hybridized carbons (Fsp3) is 0.333. The number of carbonyl (C=O) groups is 2. The third-order valence-electron chi connectivity index (χ3n) is 5.21. The van der Waals surface area contributed by atoms with E-state index in [-0.39, 0.29) is 0 Å². The molecule has 0 aliphatic carbocycles. The lowest BCUT2D eigenvalue weighted by Crippen LogP contribution is -2.41. The zero-order valence-electron chi connectivity index (χ0n) is 14.0. The van der Waals surface area contributed by atoms with E-state index in [4.69, 9.17) is 14.0 Å². The van der Waals surface area contributed by atoms with Gasteiger partial charge in [-0.1, -0.05) is 18.2 Å². The van der Waals surface area contributed by atoms with E-state index in [1.165, 1.54) is 0 Å². The standard InChI is InChI=1S/C18H17BO5/c1-17(2)18(3,4)24-19(23-17)13-9-8-12-14-10(13)6-5-7-11(14)15(20)22-16(12)21/h5-9H,1-4H3. The average molecular weight is 324 g/mol. The molecule has 0 saturated carbocycles. The highest BCUT2D eigenvalue weighted by Crippen LogP contribution is 2.37. The fourth-order valence-electron chi connectivity index (χ4n) is 3.14. The lowest BCUT2D eigenvalue weighted by atomic mass is 9.74. The maximum atomic E-state index is 12.0. The van der Waals surface area contributed by atoms with Crippen molar-refractivity contribution in [3.05, 3.63) is 41.5 Å². The molecule has 0 N–H and O–H groups in total. The van der Waals surface area contributed by atoms with E-state index in [1.807, 2.05) is 33.8 Å². The Balaban J connectivity index is 1.93. The minimum absolute atomic E-state index is 0.389. The highest BCUT2D eigenvalue weighted by molar-refractivity contribution is 6.65. The molecule has 122 valence electrons. The van der Waals surface area contributed by atoms with Crippen molar-refractivity contribution in [2.24, 2.45) is 0 Å². The number of benzene rings is 2. The minimum atomic E-state index is -0.621. The van der Waals surface area contributed by atoms with Crippen LogP contribution in [-0.4, -0.2) is 30.3 Å². The van der Waals surface area contributed by atoms with Crippen LogP contribution in [0, 0.1) is 0 Å². The van der Waals surface area contributed by atoms with Crippen molar-refractivity contribution < 1.29 is 23.6 Å². The van der Waals surface area contributed by atoms with Crippen LogP contribution in [0.5, 0.6) is 0 Å². The summed E-state index contributed by atoms with van der Waals surface area (Å²) >= 11 is 0. The van der Waals surface area contributed by atoms with Gasteiger partial charge in [0.15, 0.2) is 0 Å². The molecule has 0 unspecified atom stereocenters. The van der Waals surface area contributed by atoms with E-state index < -0.39 is 30.3 Å². The molecular weight excluding hydrogens is 307 g/mol. The Morgan fingerprint density at radius 1 is 0.833 bits per heavy atom. The van der Waals surface area contributed by atoms with Crippen molar-refractivity contribution in [2.75, 3.05) is 0 Å². The Kier molecular flexibility index (Phi) is 2.99. The molecule has 2 aliphatic heterocycles. The molecule has 5 nitrogen and oxygen atoms in total. The third kappa shape index (κ3) is 1.96. The van der Waals surface area contributed by atoms with Gasteiger partial charge < -0.3 is 14.0 Å². The number of carbonyl (C=O) groups excluding carboxylic acids is 2. The summed E-state index contributed by atoms with van der Waals surface area (Å²) in [5, 5.41) is 1.37. The van der Waals surface area contributed by atoms with E-state index >= 15 is 0 Å². The normalized spacial score (nSPS) is 21.2. The van der Waals surface area contributed by atoms with Gasteiger partial charge >= 0.3 is 19.1 Å². The number of rotatable bonds is 1. The van der Waals surface area contributed by atoms with Crippen LogP contribution < -0.4 is 5.46 Å². The van der Waals surface area contributed by atoms with Crippen LogP contribution in [0.2, 0.25) is 0 Å². The Bertz CT molecular complexity index is 863. The first-order chi connectivity index (χ1) is 11.2. The lowest BCUT2D eigenvalue weighted by Gasteiger charge is -2.32. The number of hydrogen-bond donors (Lipinski definition) is 0. The van der Waals surface area contributed by atoms with Gasteiger partial charge in [0, 0.05) is 5.39 Å². The summed E-state index contributed by atoms with van der Waals surface area (Å²) in [4.78, 5) is 24.0. The Labute approximate surface area is 140 Å². The van der Waals surface area contributed by atoms with Gasteiger partial charge in [-0.15, -0.1) is 0 Å². The van der Waals surface area contributed by atoms with Crippen molar-refractivity contribution in [1.82, 2.24) is 0 Å². The average Bonchev–Trinajstić information content (AvgIpc) is 2.72. The molecule has 0 spiro atoms. The molecule has 2 aromatic rings. The molecule has 24 heavy (non-hydrogen) atoms. The highest BCUT2D eigenvalue weighted by Gasteiger charge is 2.52. The first-order valence-electron chi connectivity index (χ1n) is 7.89. The summed E-state index contributed by atoms with van der Waals surface area (Å²) in [6.07, 6.45) is 0. The fourth-order valence-corrected chi connectivity index (χ4v) is 3.14. The van der Waals surface area contributed by atoms with Gasteiger partial charge in [0.05, 0.1) is 22.3 Å². The number of hydrogen-bond acceptors (Lipinski definition) is 5. The van der Waals surface area contributed by atoms with E-state index in [0.717, 1.165) is 10.8 Å². The molecule has 2 aliphatic rings. The Morgan fingerprint density at radius 2 is 1.42 bits per heavy atom. The number of esters is 2. The Hall–Kier alpha value is -2.18. The molecule has 0 atom stereocenters. The molecule has 2 aromatic carbocycles. The molecule has 6 heteroatoms. The molecule has 1 saturated heterocycles. The third-order valence-corrected chi connectivity index (χ3v) is 5.21. The van der Waals surface area contributed by atoms with E-state index in [2.05, 4.69) is 0 Å². The van der Waals surface area contributed by atoms with E-state index in [0.29, 0.717) is 16.5 Å². The predicted molar refractivity (Wildman–Crippen MR) is 89.4 cm³/mol. The predicted octanol–water partition coefficient (Wildman–Crippen LogP) is 2.45. The monoisotopic (exact) mass is 324 g/mol. The largest absolute Gasteiger partial charge is 0.495 e. The van der Waals surface area contributed by atoms with Crippen molar-refractivity contribution in [3.8, 4) is 0 Å². The second-order valence-corrected chi connectivity index (χ2v) is 7.20. The summed E-state index contributed by atoms with van der Waals surface area (Å²) in [6.45, 7) is 7.94. The van der Waals surface area contributed by atoms with Crippen LogP contribution in [0.4, 0.5) is 0 Å². The van der Waals surface area contributed by atoms with Crippen molar-refractivity contribution in [3.63, 3.8) is 0 Å². The first kappa shape index (κ1) is 15.4. The van der Waals surface area contributed by atoms with Crippen LogP contribution in [0.25, 0.3) is 10.8 Å². The topological polar surface area (TPSA) is 61.8 Å². The Morgan fingerprint density at radius 3 is 2.04 bits per heavy atom. The van der Waals surface area contributed by atoms with Crippen LogP contribution >= 0.6 is 0 Å². The van der Waals surface area contributed by atoms with Crippen molar-refractivity contribution >= 4 is 35.3 Å². The van der Waals surface area contributed by atoms with Gasteiger partial charge in [0.25, 0.3) is 0 Å². The summed E-state index contributed by atoms with van der Waals surface area (Å²) in [6, 6.07) is 8.78. The first-order valence-corrected chi connectivity index (χ1v) is 7.89. The van der Waals surface area contributed by atoms with Crippen LogP contribution in [0.15, 0.2) is 30.3 Å². The second-order valence-electron chi connectivity index (χ2n) is 7.20. The second kappa shape index (κ2) is 4.68. The van der Waals surface area contributed by atoms with Crippen molar-refractivity contribution in [2.45, 2.75) is 38.9 Å². The number of cyclic esters (lactones) is 2. The molecule has 0 bridgehead atoms. The van der Waals surface area contributed by atoms with E-state index in [1.54, 1.807) is 24.3 Å². The SMILES string of the molecule is CC1(C)OB(c2ccc3c4c(cccc24)C(=O)OC3=O)OC1(C)C. The summed E-state index contributed by atoms with van der Waals surface area (Å²) < 4.78 is 17.0. The van der Waals surface area contributed by atoms with Gasteiger partial charge in [0.1, 0.15) is 0 Å². The summed E-state index contributed by atoms with van der Waals surface area (Å²) in [5.41, 5.74) is 0.649. The van der Waals surface area contributed by atoms with Gasteiger partial charge in [-0.2, -0.15) is 0 Å². The summed E-state index contributed by atoms with van der Waals surface area (Å²) in [5.74, 6) is -1.24. The molecule has 0 amide bonds.